The summed E-state index contributed by atoms with van der Waals surface area (Å²) in [6, 6.07) is 0. The van der Waals surface area contributed by atoms with Gasteiger partial charge in [0.25, 0.3) is 0 Å². The molecule has 2 unspecified atom stereocenters. The number of nitrogens with zero attached hydrogens (tertiary/aromatic N) is 2. The van der Waals surface area contributed by atoms with E-state index in [1.54, 1.807) is 7.05 Å². The lowest BCUT2D eigenvalue weighted by Gasteiger charge is -2.60. The van der Waals surface area contributed by atoms with Crippen molar-refractivity contribution in [3.63, 3.8) is 0 Å². The minimum atomic E-state index is -0.370. The molecule has 3 aliphatic heterocycles. The van der Waals surface area contributed by atoms with Crippen LogP contribution in [0, 0.1) is 5.92 Å². The van der Waals surface area contributed by atoms with E-state index in [9.17, 15) is 9.59 Å². The van der Waals surface area contributed by atoms with Crippen molar-refractivity contribution in [2.45, 2.75) is 19.4 Å². The second-order valence-corrected chi connectivity index (χ2v) is 3.98. The zero-order valence-electron chi connectivity index (χ0n) is 7.50. The van der Waals surface area contributed by atoms with Crippen LogP contribution in [0.15, 0.2) is 0 Å². The van der Waals surface area contributed by atoms with Crippen LogP contribution in [-0.4, -0.2) is 40.8 Å². The molecule has 0 aromatic carbocycles. The van der Waals surface area contributed by atoms with Crippen molar-refractivity contribution in [1.82, 2.24) is 10.0 Å². The predicted octanol–water partition coefficient (Wildman–Crippen LogP) is -0.347. The second-order valence-electron chi connectivity index (χ2n) is 3.98. The van der Waals surface area contributed by atoms with E-state index in [2.05, 4.69) is 0 Å². The molecule has 3 aliphatic rings. The smallest absolute Gasteiger partial charge is 0.288 e. The van der Waals surface area contributed by atoms with Crippen molar-refractivity contribution in [1.29, 1.82) is 0 Å². The van der Waals surface area contributed by atoms with Gasteiger partial charge in [0.1, 0.15) is 0 Å². The third kappa shape index (κ3) is 0.617. The van der Waals surface area contributed by atoms with Crippen LogP contribution in [0.5, 0.6) is 0 Å². The fraction of sp³-hybridized carbons (Fsp3) is 0.750. The molecule has 0 aliphatic carbocycles. The SMILES string of the molecule is CN1C(=O)C(=O)C2CN1C2(C)C. The summed E-state index contributed by atoms with van der Waals surface area (Å²) in [6.45, 7) is 4.68. The predicted molar refractivity (Wildman–Crippen MR) is 42.1 cm³/mol. The summed E-state index contributed by atoms with van der Waals surface area (Å²) in [5, 5.41) is 3.36. The van der Waals surface area contributed by atoms with Crippen molar-refractivity contribution < 1.29 is 9.59 Å². The number of rotatable bonds is 0. The highest BCUT2D eigenvalue weighted by Gasteiger charge is 2.59. The lowest BCUT2D eigenvalue weighted by molar-refractivity contribution is -0.220. The number of carbonyl (C=O) groups excluding carboxylic acids is 2. The molecule has 4 heteroatoms. The first kappa shape index (κ1) is 7.73. The van der Waals surface area contributed by atoms with Crippen molar-refractivity contribution >= 4 is 11.7 Å². The maximum Gasteiger partial charge on any atom is 0.304 e. The van der Waals surface area contributed by atoms with Gasteiger partial charge in [-0.2, -0.15) is 0 Å². The number of amides is 1. The van der Waals surface area contributed by atoms with E-state index in [1.165, 1.54) is 5.01 Å². The molecule has 2 bridgehead atoms. The summed E-state index contributed by atoms with van der Waals surface area (Å²) < 4.78 is 0. The fourth-order valence-electron chi connectivity index (χ4n) is 2.03. The molecule has 0 aromatic heterocycles. The first-order valence-corrected chi connectivity index (χ1v) is 4.05. The highest BCUT2D eigenvalue weighted by molar-refractivity contribution is 6.38. The number of carbonyl (C=O) groups is 2. The first-order chi connectivity index (χ1) is 5.46. The molecule has 3 heterocycles. The quantitative estimate of drug-likeness (QED) is 0.464. The van der Waals surface area contributed by atoms with Crippen LogP contribution in [-0.2, 0) is 9.59 Å². The van der Waals surface area contributed by atoms with Crippen LogP contribution < -0.4 is 0 Å². The van der Waals surface area contributed by atoms with Crippen LogP contribution in [0.4, 0.5) is 0 Å². The van der Waals surface area contributed by atoms with Gasteiger partial charge >= 0.3 is 5.91 Å². The highest BCUT2D eigenvalue weighted by Crippen LogP contribution is 2.41. The molecule has 0 aromatic rings. The molecule has 1 amide bonds. The second kappa shape index (κ2) is 1.88. The third-order valence-electron chi connectivity index (χ3n) is 3.06. The lowest BCUT2D eigenvalue weighted by Crippen LogP contribution is -2.77. The summed E-state index contributed by atoms with van der Waals surface area (Å²) >= 11 is 0. The van der Waals surface area contributed by atoms with Crippen LogP contribution in [0.1, 0.15) is 13.8 Å². The molecule has 0 saturated carbocycles. The molecule has 3 saturated heterocycles. The molecule has 66 valence electrons. The van der Waals surface area contributed by atoms with Gasteiger partial charge < -0.3 is 0 Å². The average molecular weight is 168 g/mol. The van der Waals surface area contributed by atoms with Crippen LogP contribution in [0.25, 0.3) is 0 Å². The van der Waals surface area contributed by atoms with Gasteiger partial charge in [-0.3, -0.25) is 14.6 Å². The number of hydrogen-bond donors (Lipinski definition) is 0. The van der Waals surface area contributed by atoms with Crippen LogP contribution >= 0.6 is 0 Å². The Labute approximate surface area is 71.1 Å². The van der Waals surface area contributed by atoms with E-state index >= 15 is 0 Å². The Balaban J connectivity index is 2.36. The van der Waals surface area contributed by atoms with Gasteiger partial charge in [0.2, 0.25) is 5.78 Å². The summed E-state index contributed by atoms with van der Waals surface area (Å²) in [5.74, 6) is -0.684. The molecule has 0 spiro atoms. The van der Waals surface area contributed by atoms with Crippen molar-refractivity contribution in [2.24, 2.45) is 5.92 Å². The van der Waals surface area contributed by atoms with Gasteiger partial charge in [0, 0.05) is 19.1 Å². The van der Waals surface area contributed by atoms with Gasteiger partial charge in [-0.05, 0) is 13.8 Å². The van der Waals surface area contributed by atoms with Gasteiger partial charge in [-0.1, -0.05) is 0 Å². The number of Topliss-reactive ketones (excluding diaryl/α,β-unsaturated/α-hetero) is 1. The molecular formula is C8H12N2O2. The highest BCUT2D eigenvalue weighted by atomic mass is 16.2. The number of hydrazine groups is 1. The maximum atomic E-state index is 11.4. The third-order valence-corrected chi connectivity index (χ3v) is 3.06. The Morgan fingerprint density at radius 3 is 2.42 bits per heavy atom. The van der Waals surface area contributed by atoms with Crippen LogP contribution in [0.2, 0.25) is 0 Å². The van der Waals surface area contributed by atoms with Gasteiger partial charge in [0.15, 0.2) is 0 Å². The Bertz CT molecular complexity index is 272. The van der Waals surface area contributed by atoms with Crippen molar-refractivity contribution in [2.75, 3.05) is 13.6 Å². The Hall–Kier alpha value is -0.900. The van der Waals surface area contributed by atoms with Crippen LogP contribution in [0.3, 0.4) is 0 Å². The zero-order valence-corrected chi connectivity index (χ0v) is 7.50. The molecule has 12 heavy (non-hydrogen) atoms. The first-order valence-electron chi connectivity index (χ1n) is 4.05. The molecule has 0 radical (unpaired) electrons. The monoisotopic (exact) mass is 168 g/mol. The van der Waals surface area contributed by atoms with E-state index in [1.807, 2.05) is 18.9 Å². The molecular weight excluding hydrogens is 156 g/mol. The van der Waals surface area contributed by atoms with E-state index in [0.717, 1.165) is 0 Å². The van der Waals surface area contributed by atoms with Crippen molar-refractivity contribution in [3.05, 3.63) is 0 Å². The number of hydrogen-bond acceptors (Lipinski definition) is 3. The van der Waals surface area contributed by atoms with Crippen molar-refractivity contribution in [3.8, 4) is 0 Å². The summed E-state index contributed by atoms with van der Waals surface area (Å²) in [7, 11) is 1.65. The molecule has 4 nitrogen and oxygen atoms in total. The summed E-state index contributed by atoms with van der Waals surface area (Å²) in [5.41, 5.74) is -0.153. The normalized spacial score (nSPS) is 38.1. The van der Waals surface area contributed by atoms with Gasteiger partial charge in [-0.15, -0.1) is 0 Å². The van der Waals surface area contributed by atoms with Gasteiger partial charge in [0.05, 0.1) is 5.92 Å². The molecule has 2 atom stereocenters. The van der Waals surface area contributed by atoms with E-state index in [0.29, 0.717) is 6.54 Å². The number of likely N-dealkylation sites (N-methyl/N-ethyl adjacent to an activating group) is 1. The Morgan fingerprint density at radius 1 is 1.42 bits per heavy atom. The maximum absolute atomic E-state index is 11.4. The zero-order chi connectivity index (χ0) is 9.09. The molecule has 3 fully saturated rings. The van der Waals surface area contributed by atoms with E-state index < -0.39 is 0 Å². The Kier molecular flexibility index (Phi) is 1.21. The lowest BCUT2D eigenvalue weighted by atomic mass is 9.73. The fourth-order valence-corrected chi connectivity index (χ4v) is 2.03. The van der Waals surface area contributed by atoms with Gasteiger partial charge in [-0.25, -0.2) is 5.01 Å². The standard InChI is InChI=1S/C8H12N2O2/c1-8(2)5-4-10(8)9(3)7(12)6(5)11/h5H,4H2,1-3H3. The summed E-state index contributed by atoms with van der Waals surface area (Å²) in [4.78, 5) is 22.6. The minimum Gasteiger partial charge on any atom is -0.288 e. The average Bonchev–Trinajstić information content (AvgIpc) is 1.98. The largest absolute Gasteiger partial charge is 0.304 e. The van der Waals surface area contributed by atoms with E-state index in [-0.39, 0.29) is 23.1 Å². The number of ketones is 1. The molecule has 3 rings (SSSR count). The van der Waals surface area contributed by atoms with E-state index in [4.69, 9.17) is 0 Å². The number of fused-ring (bicyclic) bond motifs is 2. The topological polar surface area (TPSA) is 40.6 Å². The Morgan fingerprint density at radius 2 is 2.00 bits per heavy atom. The summed E-state index contributed by atoms with van der Waals surface area (Å²) in [6.07, 6.45) is 0. The minimum absolute atomic E-state index is 0.0822. The molecule has 0 N–H and O–H groups in total.